The Balaban J connectivity index is 1.06. The van der Waals surface area contributed by atoms with E-state index in [0.29, 0.717) is 25.1 Å². The van der Waals surface area contributed by atoms with E-state index in [4.69, 9.17) is 23.1 Å². The van der Waals surface area contributed by atoms with Crippen molar-refractivity contribution in [3.05, 3.63) is 47.1 Å². The number of hydrogen-bond donors (Lipinski definition) is 3. The maximum atomic E-state index is 15.9. The molecule has 2 amide bonds. The van der Waals surface area contributed by atoms with Crippen LogP contribution >= 0.6 is 11.6 Å². The van der Waals surface area contributed by atoms with Gasteiger partial charge in [-0.1, -0.05) is 11.6 Å². The minimum atomic E-state index is -3.83. The fourth-order valence-corrected chi connectivity index (χ4v) is 8.61. The molecule has 15 heteroatoms. The molecule has 6 rings (SSSR count). The molecular weight excluding hydrogens is 640 g/mol. The van der Waals surface area contributed by atoms with Crippen LogP contribution in [-0.2, 0) is 25.5 Å². The highest BCUT2D eigenvalue weighted by Gasteiger charge is 2.45. The molecule has 2 saturated carbocycles. The predicted molar refractivity (Wildman–Crippen MR) is 170 cm³/mol. The topological polar surface area (TPSA) is 155 Å². The lowest BCUT2D eigenvalue weighted by Gasteiger charge is -2.37. The van der Waals surface area contributed by atoms with Gasteiger partial charge in [-0.15, -0.1) is 0 Å². The van der Waals surface area contributed by atoms with E-state index in [1.807, 2.05) is 0 Å². The monoisotopic (exact) mass is 679 g/mol. The first-order valence-electron chi connectivity index (χ1n) is 15.8. The Morgan fingerprint density at radius 1 is 0.978 bits per heavy atom. The van der Waals surface area contributed by atoms with Gasteiger partial charge in [-0.3, -0.25) is 9.59 Å². The number of sulfonamides is 1. The first-order valence-corrected chi connectivity index (χ1v) is 17.7. The van der Waals surface area contributed by atoms with E-state index in [1.54, 1.807) is 21.9 Å². The number of nitrogens with zero attached hydrogens (tertiary/aromatic N) is 4. The van der Waals surface area contributed by atoms with Crippen molar-refractivity contribution in [1.29, 1.82) is 0 Å². The van der Waals surface area contributed by atoms with Crippen LogP contribution in [0.1, 0.15) is 50.5 Å². The number of nitrogens with two attached hydrogens (primary N) is 2. The highest BCUT2D eigenvalue weighted by Crippen LogP contribution is 2.46. The van der Waals surface area contributed by atoms with Crippen molar-refractivity contribution in [1.82, 2.24) is 14.6 Å². The average Bonchev–Trinajstić information content (AvgIpc) is 3.37. The number of halogens is 3. The molecule has 11 nitrogen and oxygen atoms in total. The lowest BCUT2D eigenvalue weighted by atomic mass is 9.76. The normalized spacial score (nSPS) is 27.8. The van der Waals surface area contributed by atoms with Gasteiger partial charge in [0, 0.05) is 80.4 Å². The maximum absolute atomic E-state index is 15.9. The second-order valence-electron chi connectivity index (χ2n) is 13.0. The summed E-state index contributed by atoms with van der Waals surface area (Å²) >= 11 is 6.24. The van der Waals surface area contributed by atoms with E-state index in [9.17, 15) is 18.0 Å². The van der Waals surface area contributed by atoms with Crippen LogP contribution in [0.4, 0.5) is 20.3 Å². The number of nitrogens with one attached hydrogen (secondary N) is 1. The molecule has 2 aliphatic carbocycles. The van der Waals surface area contributed by atoms with Crippen LogP contribution in [0.15, 0.2) is 41.3 Å². The minimum Gasteiger partial charge on any atom is -0.354 e. The fourth-order valence-electron chi connectivity index (χ4n) is 6.98. The minimum absolute atomic E-state index is 0.0634. The highest BCUT2D eigenvalue weighted by molar-refractivity contribution is 7.89. The summed E-state index contributed by atoms with van der Waals surface area (Å²) in [6, 6.07) is 8.65. The number of anilines is 2. The number of carbonyl (C=O) groups excluding carboxylic acids is 2. The third kappa shape index (κ3) is 6.73. The van der Waals surface area contributed by atoms with Gasteiger partial charge >= 0.3 is 0 Å². The SMILES string of the molecule is NC1CC(NC(=O)C2CCC(C(F)(F)c3cc(Cl)nc(N4CCN(S(=O)(=O)c5ccc(N6C[C@H](N)CC6=O)cc5)CC4)c3)CC2)C1. The van der Waals surface area contributed by atoms with Crippen LogP contribution in [0.2, 0.25) is 5.15 Å². The third-order valence-corrected chi connectivity index (χ3v) is 11.9. The largest absolute Gasteiger partial charge is 0.354 e. The summed E-state index contributed by atoms with van der Waals surface area (Å²) in [7, 11) is -3.83. The van der Waals surface area contributed by atoms with Crippen molar-refractivity contribution >= 4 is 44.9 Å². The van der Waals surface area contributed by atoms with Crippen molar-refractivity contribution < 1.29 is 26.8 Å². The molecule has 250 valence electrons. The maximum Gasteiger partial charge on any atom is 0.276 e. The Morgan fingerprint density at radius 3 is 2.22 bits per heavy atom. The van der Waals surface area contributed by atoms with Crippen LogP contribution in [-0.4, -0.2) is 80.4 Å². The number of amides is 2. The molecule has 1 atom stereocenters. The summed E-state index contributed by atoms with van der Waals surface area (Å²) in [5.41, 5.74) is 12.0. The summed E-state index contributed by atoms with van der Waals surface area (Å²) in [5, 5.41) is 2.93. The summed E-state index contributed by atoms with van der Waals surface area (Å²) in [6.45, 7) is 1.11. The van der Waals surface area contributed by atoms with Crippen molar-refractivity contribution in [2.45, 2.75) is 73.9 Å². The fraction of sp³-hybridized carbons (Fsp3) is 0.581. The molecule has 0 radical (unpaired) electrons. The van der Waals surface area contributed by atoms with E-state index in [2.05, 4.69) is 10.3 Å². The van der Waals surface area contributed by atoms with Crippen LogP contribution in [0.5, 0.6) is 0 Å². The van der Waals surface area contributed by atoms with Crippen molar-refractivity contribution in [2.75, 3.05) is 42.5 Å². The number of alkyl halides is 2. The summed E-state index contributed by atoms with van der Waals surface area (Å²) in [6.07, 6.45) is 2.96. The van der Waals surface area contributed by atoms with E-state index < -0.39 is 21.9 Å². The Morgan fingerprint density at radius 2 is 1.63 bits per heavy atom. The molecule has 46 heavy (non-hydrogen) atoms. The quantitative estimate of drug-likeness (QED) is 0.360. The first kappa shape index (κ1) is 33.0. The van der Waals surface area contributed by atoms with E-state index >= 15 is 8.78 Å². The number of hydrogen-bond acceptors (Lipinski definition) is 8. The number of pyridine rings is 1. The van der Waals surface area contributed by atoms with Crippen LogP contribution in [0, 0.1) is 11.8 Å². The van der Waals surface area contributed by atoms with Gasteiger partial charge in [-0.05, 0) is 74.9 Å². The summed E-state index contributed by atoms with van der Waals surface area (Å²) < 4.78 is 59.8. The van der Waals surface area contributed by atoms with Crippen LogP contribution in [0.25, 0.3) is 0 Å². The third-order valence-electron chi connectivity index (χ3n) is 9.80. The van der Waals surface area contributed by atoms with Gasteiger partial charge in [0.25, 0.3) is 5.92 Å². The Bertz CT molecular complexity index is 1560. The Labute approximate surface area is 272 Å². The Hall–Kier alpha value is -2.91. The number of aromatic nitrogens is 1. The number of benzene rings is 1. The molecule has 2 aromatic rings. The van der Waals surface area contributed by atoms with Crippen molar-refractivity contribution in [3.63, 3.8) is 0 Å². The number of piperazine rings is 1. The molecule has 0 bridgehead atoms. The predicted octanol–water partition coefficient (Wildman–Crippen LogP) is 2.81. The molecule has 2 aliphatic heterocycles. The zero-order chi connectivity index (χ0) is 32.8. The van der Waals surface area contributed by atoms with Crippen LogP contribution in [0.3, 0.4) is 0 Å². The van der Waals surface area contributed by atoms with Crippen molar-refractivity contribution in [3.8, 4) is 0 Å². The Kier molecular flexibility index (Phi) is 9.29. The van der Waals surface area contributed by atoms with Gasteiger partial charge in [0.1, 0.15) is 11.0 Å². The standard InChI is InChI=1S/C31H40ClF2N7O4S/c32-27-13-21(31(33,34)20-3-1-19(2-4-20)30(43)37-24-15-22(35)16-24)14-28(38-27)39-9-11-40(12-10-39)46(44,45)26-7-5-25(6-8-26)41-18-23(36)17-29(41)42/h5-8,13-14,19-20,22-24H,1-4,9-12,15-18,35-36H2,(H,37,43)/t19?,20?,22?,23-,24?/m1/s1. The van der Waals surface area contributed by atoms with Gasteiger partial charge in [-0.2, -0.15) is 4.31 Å². The van der Waals surface area contributed by atoms with Gasteiger partial charge in [0.05, 0.1) is 4.90 Å². The van der Waals surface area contributed by atoms with E-state index in [1.165, 1.54) is 28.6 Å². The van der Waals surface area contributed by atoms with Crippen molar-refractivity contribution in [2.24, 2.45) is 23.3 Å². The van der Waals surface area contributed by atoms with Crippen LogP contribution < -0.4 is 26.6 Å². The van der Waals surface area contributed by atoms with Gasteiger partial charge in [0.2, 0.25) is 21.8 Å². The summed E-state index contributed by atoms with van der Waals surface area (Å²) in [4.78, 5) is 32.5. The molecule has 3 heterocycles. The molecule has 1 aromatic heterocycles. The smallest absolute Gasteiger partial charge is 0.276 e. The molecule has 0 unspecified atom stereocenters. The zero-order valence-electron chi connectivity index (χ0n) is 25.5. The second-order valence-corrected chi connectivity index (χ2v) is 15.3. The lowest BCUT2D eigenvalue weighted by molar-refractivity contribution is -0.130. The lowest BCUT2D eigenvalue weighted by Crippen LogP contribution is -2.52. The molecule has 5 N–H and O–H groups in total. The molecule has 4 fully saturated rings. The molecule has 2 saturated heterocycles. The number of rotatable bonds is 8. The van der Waals surface area contributed by atoms with E-state index in [0.717, 1.165) is 12.8 Å². The van der Waals surface area contributed by atoms with Gasteiger partial charge < -0.3 is 26.6 Å². The molecular formula is C31H40ClF2N7O4S. The first-order chi connectivity index (χ1) is 21.8. The second kappa shape index (κ2) is 12.9. The molecule has 1 aromatic carbocycles. The molecule has 4 aliphatic rings. The number of carbonyl (C=O) groups is 2. The summed E-state index contributed by atoms with van der Waals surface area (Å²) in [5.74, 6) is -4.30. The van der Waals surface area contributed by atoms with E-state index in [-0.39, 0.29) is 103 Å². The van der Waals surface area contributed by atoms with Gasteiger partial charge in [-0.25, -0.2) is 22.2 Å². The average molecular weight is 680 g/mol. The highest BCUT2D eigenvalue weighted by atomic mass is 35.5. The van der Waals surface area contributed by atoms with Gasteiger partial charge in [0.15, 0.2) is 0 Å². The molecule has 0 spiro atoms. The zero-order valence-corrected chi connectivity index (χ0v) is 27.0.